The molecule has 3 aromatic rings. The van der Waals surface area contributed by atoms with Crippen LogP contribution in [0.25, 0.3) is 10.9 Å². The Hall–Kier alpha value is -3.16. The quantitative estimate of drug-likeness (QED) is 0.293. The van der Waals surface area contributed by atoms with Crippen molar-refractivity contribution >= 4 is 23.0 Å². The standard InChI is InChI=1S/C25H29N3O4/c1-31-24-14-20-21(23(30)18-29)17-28(22(20)15-25(24)32-2)13-12-26-8-10-27(11-9-26)16-19-6-4-3-5-7-19/h3-7,14-15,17-18H,8-13,16H2,1-2H3. The van der Waals surface area contributed by atoms with Crippen molar-refractivity contribution in [3.8, 4) is 11.5 Å². The highest BCUT2D eigenvalue weighted by atomic mass is 16.5. The van der Waals surface area contributed by atoms with Crippen LogP contribution in [0.3, 0.4) is 0 Å². The van der Waals surface area contributed by atoms with Gasteiger partial charge in [0, 0.05) is 63.5 Å². The molecule has 0 saturated carbocycles. The molecule has 7 heteroatoms. The van der Waals surface area contributed by atoms with E-state index in [0.29, 0.717) is 28.7 Å². The molecule has 1 saturated heterocycles. The van der Waals surface area contributed by atoms with Crippen LogP contribution in [0, 0.1) is 0 Å². The molecule has 0 atom stereocenters. The van der Waals surface area contributed by atoms with Gasteiger partial charge in [0.2, 0.25) is 5.78 Å². The minimum absolute atomic E-state index is 0.363. The van der Waals surface area contributed by atoms with Gasteiger partial charge in [-0.3, -0.25) is 19.4 Å². The van der Waals surface area contributed by atoms with E-state index in [1.807, 2.05) is 16.7 Å². The number of carbonyl (C=O) groups excluding carboxylic acids is 2. The highest BCUT2D eigenvalue weighted by Gasteiger charge is 2.20. The molecule has 1 aliphatic heterocycles. The first-order chi connectivity index (χ1) is 15.6. The number of methoxy groups -OCH3 is 2. The first kappa shape index (κ1) is 22.0. The molecule has 0 aliphatic carbocycles. The van der Waals surface area contributed by atoms with Crippen LogP contribution < -0.4 is 9.47 Å². The van der Waals surface area contributed by atoms with Crippen molar-refractivity contribution in [2.24, 2.45) is 0 Å². The third kappa shape index (κ3) is 4.69. The number of hydrogen-bond donors (Lipinski definition) is 0. The van der Waals surface area contributed by atoms with Gasteiger partial charge in [0.1, 0.15) is 0 Å². The van der Waals surface area contributed by atoms with Crippen molar-refractivity contribution in [1.29, 1.82) is 0 Å². The van der Waals surface area contributed by atoms with Crippen molar-refractivity contribution in [2.45, 2.75) is 13.1 Å². The summed E-state index contributed by atoms with van der Waals surface area (Å²) in [5.74, 6) is 0.599. The second-order valence-electron chi connectivity index (χ2n) is 8.05. The van der Waals surface area contributed by atoms with Crippen molar-refractivity contribution < 1.29 is 19.1 Å². The average Bonchev–Trinajstić information content (AvgIpc) is 3.20. The van der Waals surface area contributed by atoms with Gasteiger partial charge in [0.05, 0.1) is 25.3 Å². The summed E-state index contributed by atoms with van der Waals surface area (Å²) in [6.07, 6.45) is 2.13. The van der Waals surface area contributed by atoms with Crippen LogP contribution in [0.2, 0.25) is 0 Å². The monoisotopic (exact) mass is 435 g/mol. The van der Waals surface area contributed by atoms with E-state index in [1.54, 1.807) is 26.5 Å². The Kier molecular flexibility index (Phi) is 6.87. The molecule has 0 bridgehead atoms. The molecule has 7 nitrogen and oxygen atoms in total. The van der Waals surface area contributed by atoms with Crippen LogP contribution in [0.1, 0.15) is 15.9 Å². The summed E-state index contributed by atoms with van der Waals surface area (Å²) in [5.41, 5.74) is 2.59. The van der Waals surface area contributed by atoms with Gasteiger partial charge >= 0.3 is 0 Å². The Labute approximate surface area is 188 Å². The lowest BCUT2D eigenvalue weighted by Crippen LogP contribution is -2.46. The number of aldehydes is 1. The summed E-state index contributed by atoms with van der Waals surface area (Å²) >= 11 is 0. The highest BCUT2D eigenvalue weighted by molar-refractivity contribution is 6.36. The van der Waals surface area contributed by atoms with Crippen LogP contribution in [-0.4, -0.2) is 73.4 Å². The minimum Gasteiger partial charge on any atom is -0.493 e. The van der Waals surface area contributed by atoms with Crippen LogP contribution in [0.4, 0.5) is 0 Å². The normalized spacial score (nSPS) is 15.1. The number of fused-ring (bicyclic) bond motifs is 1. The average molecular weight is 436 g/mol. The van der Waals surface area contributed by atoms with Gasteiger partial charge < -0.3 is 14.0 Å². The summed E-state index contributed by atoms with van der Waals surface area (Å²) in [4.78, 5) is 28.3. The maximum atomic E-state index is 12.2. The number of ether oxygens (including phenoxy) is 2. The van der Waals surface area contributed by atoms with E-state index in [1.165, 1.54) is 5.56 Å². The second kappa shape index (κ2) is 9.97. The highest BCUT2D eigenvalue weighted by Crippen LogP contribution is 2.34. The molecule has 0 N–H and O–H groups in total. The van der Waals surface area contributed by atoms with Crippen molar-refractivity contribution in [3.05, 3.63) is 59.8 Å². The number of benzene rings is 2. The number of aromatic nitrogens is 1. The number of rotatable bonds is 9. The van der Waals surface area contributed by atoms with E-state index >= 15 is 0 Å². The summed E-state index contributed by atoms with van der Waals surface area (Å²) < 4.78 is 12.9. The number of piperazine rings is 1. The van der Waals surface area contributed by atoms with Crippen LogP contribution in [-0.2, 0) is 17.9 Å². The molecule has 0 spiro atoms. The Bertz CT molecular complexity index is 1090. The first-order valence-electron chi connectivity index (χ1n) is 10.9. The number of nitrogens with zero attached hydrogens (tertiary/aromatic N) is 3. The van der Waals surface area contributed by atoms with E-state index in [0.717, 1.165) is 51.3 Å². The molecular formula is C25H29N3O4. The maximum Gasteiger partial charge on any atom is 0.227 e. The van der Waals surface area contributed by atoms with Gasteiger partial charge in [-0.2, -0.15) is 0 Å². The van der Waals surface area contributed by atoms with Gasteiger partial charge in [-0.1, -0.05) is 30.3 Å². The summed E-state index contributed by atoms with van der Waals surface area (Å²) in [6.45, 7) is 6.63. The third-order valence-electron chi connectivity index (χ3n) is 6.13. The van der Waals surface area contributed by atoms with E-state index in [-0.39, 0.29) is 0 Å². The smallest absolute Gasteiger partial charge is 0.227 e. The molecule has 2 heterocycles. The van der Waals surface area contributed by atoms with Gasteiger partial charge in [-0.05, 0) is 11.6 Å². The van der Waals surface area contributed by atoms with Gasteiger partial charge in [-0.25, -0.2) is 0 Å². The summed E-state index contributed by atoms with van der Waals surface area (Å²) in [6, 6.07) is 14.2. The maximum absolute atomic E-state index is 12.2. The molecule has 2 aromatic carbocycles. The first-order valence-corrected chi connectivity index (χ1v) is 10.9. The second-order valence-corrected chi connectivity index (χ2v) is 8.05. The lowest BCUT2D eigenvalue weighted by molar-refractivity contribution is -0.104. The van der Waals surface area contributed by atoms with E-state index in [2.05, 4.69) is 34.1 Å². The lowest BCUT2D eigenvalue weighted by Gasteiger charge is -2.34. The molecule has 1 aromatic heterocycles. The molecule has 168 valence electrons. The van der Waals surface area contributed by atoms with Crippen LogP contribution in [0.5, 0.6) is 11.5 Å². The molecule has 0 amide bonds. The molecule has 0 unspecified atom stereocenters. The van der Waals surface area contributed by atoms with Crippen LogP contribution >= 0.6 is 0 Å². The Morgan fingerprint density at radius 1 is 0.938 bits per heavy atom. The predicted octanol–water partition coefficient (Wildman–Crippen LogP) is 2.86. The largest absolute Gasteiger partial charge is 0.493 e. The fourth-order valence-electron chi connectivity index (χ4n) is 4.32. The third-order valence-corrected chi connectivity index (χ3v) is 6.13. The zero-order valence-corrected chi connectivity index (χ0v) is 18.6. The molecule has 4 rings (SSSR count). The van der Waals surface area contributed by atoms with E-state index in [4.69, 9.17) is 9.47 Å². The van der Waals surface area contributed by atoms with Gasteiger partial charge in [0.25, 0.3) is 0 Å². The van der Waals surface area contributed by atoms with E-state index < -0.39 is 5.78 Å². The Balaban J connectivity index is 1.45. The van der Waals surface area contributed by atoms with Crippen molar-refractivity contribution in [3.63, 3.8) is 0 Å². The summed E-state index contributed by atoms with van der Waals surface area (Å²) in [5, 5.41) is 0.701. The minimum atomic E-state index is -0.532. The Morgan fingerprint density at radius 2 is 1.59 bits per heavy atom. The van der Waals surface area contributed by atoms with Crippen molar-refractivity contribution in [1.82, 2.24) is 14.4 Å². The molecule has 1 aliphatic rings. The topological polar surface area (TPSA) is 64.0 Å². The molecule has 0 radical (unpaired) electrons. The zero-order valence-electron chi connectivity index (χ0n) is 18.6. The number of Topliss-reactive ketones (excluding diaryl/α,β-unsaturated/α-hetero) is 1. The van der Waals surface area contributed by atoms with Gasteiger partial charge in [-0.15, -0.1) is 0 Å². The number of hydrogen-bond acceptors (Lipinski definition) is 6. The van der Waals surface area contributed by atoms with Crippen molar-refractivity contribution in [2.75, 3.05) is 46.9 Å². The molecule has 1 fully saturated rings. The number of carbonyl (C=O) groups is 2. The van der Waals surface area contributed by atoms with E-state index in [9.17, 15) is 9.59 Å². The summed E-state index contributed by atoms with van der Waals surface area (Å²) in [7, 11) is 3.14. The molecular weight excluding hydrogens is 406 g/mol. The lowest BCUT2D eigenvalue weighted by atomic mass is 10.1. The SMILES string of the molecule is COc1cc2c(C(=O)C=O)cn(CCN3CCN(Cc4ccccc4)CC3)c2cc1OC. The zero-order chi connectivity index (χ0) is 22.5. The van der Waals surface area contributed by atoms with Gasteiger partial charge in [0.15, 0.2) is 17.8 Å². The predicted molar refractivity (Wildman–Crippen MR) is 124 cm³/mol. The molecule has 32 heavy (non-hydrogen) atoms. The fraction of sp³-hybridized carbons (Fsp3) is 0.360. The Morgan fingerprint density at radius 3 is 2.25 bits per heavy atom. The van der Waals surface area contributed by atoms with Crippen LogP contribution in [0.15, 0.2) is 48.7 Å². The fourth-order valence-corrected chi connectivity index (χ4v) is 4.32. The number of ketones is 1.